The number of carbonyl (C=O) groups is 2. The third kappa shape index (κ3) is 5.27. The fourth-order valence-electron chi connectivity index (χ4n) is 1.84. The lowest BCUT2D eigenvalue weighted by molar-refractivity contribution is -0.0775. The highest BCUT2D eigenvalue weighted by molar-refractivity contribution is 5.69. The van der Waals surface area contributed by atoms with Crippen LogP contribution in [0.2, 0.25) is 0 Å². The summed E-state index contributed by atoms with van der Waals surface area (Å²) in [6.07, 6.45) is -2.89. The van der Waals surface area contributed by atoms with Crippen molar-refractivity contribution < 1.29 is 28.2 Å². The molecule has 1 atom stereocenters. The van der Waals surface area contributed by atoms with E-state index in [1.54, 1.807) is 20.8 Å². The SMILES string of the molecule is CC(C)(C)OC(=O)N1C[C@H](NC(=O)O)CC(F)(F)C1. The number of alkyl halides is 2. The molecule has 0 unspecified atom stereocenters. The number of hydrogen-bond acceptors (Lipinski definition) is 3. The van der Waals surface area contributed by atoms with Gasteiger partial charge in [0.2, 0.25) is 0 Å². The van der Waals surface area contributed by atoms with E-state index in [1.165, 1.54) is 0 Å². The van der Waals surface area contributed by atoms with Crippen LogP contribution in [0.1, 0.15) is 27.2 Å². The average Bonchev–Trinajstić information content (AvgIpc) is 2.10. The van der Waals surface area contributed by atoms with Crippen LogP contribution in [0.3, 0.4) is 0 Å². The lowest BCUT2D eigenvalue weighted by atomic mass is 10.0. The van der Waals surface area contributed by atoms with Gasteiger partial charge in [-0.3, -0.25) is 0 Å². The van der Waals surface area contributed by atoms with Crippen LogP contribution >= 0.6 is 0 Å². The molecule has 1 rings (SSSR count). The Balaban J connectivity index is 2.72. The molecule has 2 amide bonds. The first-order valence-corrected chi connectivity index (χ1v) is 5.84. The maximum Gasteiger partial charge on any atom is 0.410 e. The van der Waals surface area contributed by atoms with E-state index in [-0.39, 0.29) is 6.54 Å². The molecule has 0 bridgehead atoms. The van der Waals surface area contributed by atoms with Crippen molar-refractivity contribution in [3.8, 4) is 0 Å². The predicted octanol–water partition coefficient (Wildman–Crippen LogP) is 1.90. The number of piperidine rings is 1. The van der Waals surface area contributed by atoms with E-state index in [0.29, 0.717) is 0 Å². The molecule has 0 aromatic rings. The van der Waals surface area contributed by atoms with Gasteiger partial charge in [-0.25, -0.2) is 18.4 Å². The molecule has 0 saturated carbocycles. The number of amides is 2. The molecule has 1 aliphatic rings. The summed E-state index contributed by atoms with van der Waals surface area (Å²) in [6, 6.07) is -1.01. The molecule has 110 valence electrons. The first-order valence-electron chi connectivity index (χ1n) is 5.84. The van der Waals surface area contributed by atoms with Crippen LogP contribution in [0.5, 0.6) is 0 Å². The van der Waals surface area contributed by atoms with Crippen LogP contribution in [-0.4, -0.2) is 52.8 Å². The maximum absolute atomic E-state index is 13.5. The Morgan fingerprint density at radius 1 is 1.42 bits per heavy atom. The van der Waals surface area contributed by atoms with Crippen molar-refractivity contribution in [2.45, 2.75) is 44.8 Å². The molecular weight excluding hydrogens is 262 g/mol. The van der Waals surface area contributed by atoms with E-state index in [2.05, 4.69) is 0 Å². The summed E-state index contributed by atoms with van der Waals surface area (Å²) in [6.45, 7) is 3.98. The van der Waals surface area contributed by atoms with E-state index in [4.69, 9.17) is 9.84 Å². The average molecular weight is 280 g/mol. The third-order valence-corrected chi connectivity index (χ3v) is 2.39. The third-order valence-electron chi connectivity index (χ3n) is 2.39. The number of carbonyl (C=O) groups excluding carboxylic acids is 1. The van der Waals surface area contributed by atoms with Crippen molar-refractivity contribution in [1.29, 1.82) is 0 Å². The largest absolute Gasteiger partial charge is 0.465 e. The van der Waals surface area contributed by atoms with Gasteiger partial charge in [0.1, 0.15) is 5.60 Å². The van der Waals surface area contributed by atoms with E-state index in [1.807, 2.05) is 5.32 Å². The van der Waals surface area contributed by atoms with E-state index in [0.717, 1.165) is 4.90 Å². The number of ether oxygens (including phenoxy) is 1. The summed E-state index contributed by atoms with van der Waals surface area (Å²) in [5.74, 6) is -3.14. The van der Waals surface area contributed by atoms with Crippen LogP contribution in [0.25, 0.3) is 0 Å². The number of hydrogen-bond donors (Lipinski definition) is 2. The maximum atomic E-state index is 13.5. The molecule has 1 heterocycles. The summed E-state index contributed by atoms with van der Waals surface area (Å²) in [5.41, 5.74) is -0.792. The number of nitrogens with zero attached hydrogens (tertiary/aromatic N) is 1. The number of rotatable bonds is 1. The first-order chi connectivity index (χ1) is 8.48. The van der Waals surface area contributed by atoms with Gasteiger partial charge in [0.25, 0.3) is 5.92 Å². The van der Waals surface area contributed by atoms with Gasteiger partial charge in [0, 0.05) is 13.0 Å². The van der Waals surface area contributed by atoms with Gasteiger partial charge in [0.15, 0.2) is 0 Å². The van der Waals surface area contributed by atoms with Crippen molar-refractivity contribution in [1.82, 2.24) is 10.2 Å². The van der Waals surface area contributed by atoms with Gasteiger partial charge in [-0.05, 0) is 20.8 Å². The van der Waals surface area contributed by atoms with E-state index in [9.17, 15) is 18.4 Å². The van der Waals surface area contributed by atoms with Crippen LogP contribution in [0.15, 0.2) is 0 Å². The second kappa shape index (κ2) is 5.18. The van der Waals surface area contributed by atoms with Gasteiger partial charge >= 0.3 is 12.2 Å². The summed E-state index contributed by atoms with van der Waals surface area (Å²) in [7, 11) is 0. The topological polar surface area (TPSA) is 78.9 Å². The highest BCUT2D eigenvalue weighted by Gasteiger charge is 2.43. The Labute approximate surface area is 109 Å². The van der Waals surface area contributed by atoms with Crippen molar-refractivity contribution in [3.63, 3.8) is 0 Å². The molecule has 1 saturated heterocycles. The lowest BCUT2D eigenvalue weighted by Gasteiger charge is -2.37. The summed E-state index contributed by atoms with van der Waals surface area (Å²) < 4.78 is 31.9. The van der Waals surface area contributed by atoms with Crippen LogP contribution < -0.4 is 5.32 Å². The van der Waals surface area contributed by atoms with Gasteiger partial charge in [-0.15, -0.1) is 0 Å². The predicted molar refractivity (Wildman–Crippen MR) is 62.3 cm³/mol. The van der Waals surface area contributed by atoms with Crippen molar-refractivity contribution in [3.05, 3.63) is 0 Å². The fraction of sp³-hybridized carbons (Fsp3) is 0.818. The number of likely N-dealkylation sites (tertiary alicyclic amines) is 1. The minimum absolute atomic E-state index is 0.128. The van der Waals surface area contributed by atoms with Gasteiger partial charge < -0.3 is 20.1 Å². The van der Waals surface area contributed by atoms with Crippen molar-refractivity contribution in [2.24, 2.45) is 0 Å². The monoisotopic (exact) mass is 280 g/mol. The molecule has 2 N–H and O–H groups in total. The standard InChI is InChI=1S/C11H18F2N2O4/c1-10(2,3)19-9(18)15-5-7(14-8(16)17)4-11(12,13)6-15/h7,14H,4-6H2,1-3H3,(H,16,17)/t7-/m1/s1. The molecular formula is C11H18F2N2O4. The van der Waals surface area contributed by atoms with Crippen LogP contribution in [-0.2, 0) is 4.74 Å². The Kier molecular flexibility index (Phi) is 4.21. The van der Waals surface area contributed by atoms with E-state index >= 15 is 0 Å². The quantitative estimate of drug-likeness (QED) is 0.769. The molecule has 6 nitrogen and oxygen atoms in total. The van der Waals surface area contributed by atoms with Gasteiger partial charge in [-0.2, -0.15) is 0 Å². The zero-order valence-electron chi connectivity index (χ0n) is 11.1. The number of halogens is 2. The molecule has 0 aliphatic carbocycles. The molecule has 1 aliphatic heterocycles. The van der Waals surface area contributed by atoms with E-state index < -0.39 is 42.7 Å². The molecule has 0 spiro atoms. The van der Waals surface area contributed by atoms with Gasteiger partial charge in [0.05, 0.1) is 12.6 Å². The Morgan fingerprint density at radius 3 is 2.47 bits per heavy atom. The Morgan fingerprint density at radius 2 is 2.00 bits per heavy atom. The van der Waals surface area contributed by atoms with Gasteiger partial charge in [-0.1, -0.05) is 0 Å². The highest BCUT2D eigenvalue weighted by atomic mass is 19.3. The highest BCUT2D eigenvalue weighted by Crippen LogP contribution is 2.28. The Hall–Kier alpha value is -1.60. The summed E-state index contributed by atoms with van der Waals surface area (Å²) in [4.78, 5) is 23.0. The smallest absolute Gasteiger partial charge is 0.410 e. The zero-order valence-corrected chi connectivity index (χ0v) is 11.1. The van der Waals surface area contributed by atoms with Crippen molar-refractivity contribution in [2.75, 3.05) is 13.1 Å². The minimum atomic E-state index is -3.14. The van der Waals surface area contributed by atoms with Crippen molar-refractivity contribution >= 4 is 12.2 Å². The summed E-state index contributed by atoms with van der Waals surface area (Å²) in [5, 5.41) is 10.5. The van der Waals surface area contributed by atoms with Crippen LogP contribution in [0, 0.1) is 0 Å². The molecule has 0 aromatic heterocycles. The fourth-order valence-corrected chi connectivity index (χ4v) is 1.84. The molecule has 8 heteroatoms. The normalized spacial score (nSPS) is 22.8. The molecule has 19 heavy (non-hydrogen) atoms. The Bertz CT molecular complexity index is 368. The number of nitrogens with one attached hydrogen (secondary N) is 1. The zero-order chi connectivity index (χ0) is 14.8. The second-order valence-electron chi connectivity index (χ2n) is 5.57. The second-order valence-corrected chi connectivity index (χ2v) is 5.57. The van der Waals surface area contributed by atoms with Crippen LogP contribution in [0.4, 0.5) is 18.4 Å². The summed E-state index contributed by atoms with van der Waals surface area (Å²) >= 11 is 0. The molecule has 0 radical (unpaired) electrons. The molecule has 1 fully saturated rings. The number of carboxylic acid groups (broad SMARTS) is 1. The lowest BCUT2D eigenvalue weighted by Crippen LogP contribution is -2.57. The molecule has 0 aromatic carbocycles. The first kappa shape index (κ1) is 15.5. The minimum Gasteiger partial charge on any atom is -0.465 e.